The van der Waals surface area contributed by atoms with Gasteiger partial charge in [-0.2, -0.15) is 10.2 Å². The standard InChI is InChI=1S/C9H15N5OS/c1-14-7-8(6-12-14)5-11-13-9(16)10-3-4-15-2/h5-7H,3-4H2,1-2H3,(H2,10,13,16)/b11-5+. The van der Waals surface area contributed by atoms with E-state index in [1.54, 1.807) is 24.2 Å². The number of hydrogen-bond donors (Lipinski definition) is 2. The zero-order valence-electron chi connectivity index (χ0n) is 9.30. The van der Waals surface area contributed by atoms with E-state index >= 15 is 0 Å². The molecule has 0 radical (unpaired) electrons. The molecule has 88 valence electrons. The minimum Gasteiger partial charge on any atom is -0.383 e. The number of hydrogen-bond acceptors (Lipinski definition) is 4. The molecule has 7 heteroatoms. The number of aryl methyl sites for hydroxylation is 1. The van der Waals surface area contributed by atoms with E-state index in [0.29, 0.717) is 18.3 Å². The molecule has 1 aromatic heterocycles. The first-order valence-corrected chi connectivity index (χ1v) is 5.17. The minimum absolute atomic E-state index is 0.470. The highest BCUT2D eigenvalue weighted by molar-refractivity contribution is 7.80. The number of hydrazone groups is 1. The fourth-order valence-corrected chi connectivity index (χ4v) is 1.13. The summed E-state index contributed by atoms with van der Waals surface area (Å²) in [5.41, 5.74) is 3.61. The van der Waals surface area contributed by atoms with Crippen LogP contribution in [0.2, 0.25) is 0 Å². The van der Waals surface area contributed by atoms with Crippen LogP contribution >= 0.6 is 12.2 Å². The maximum absolute atomic E-state index is 4.98. The molecule has 0 spiro atoms. The van der Waals surface area contributed by atoms with Gasteiger partial charge in [0.05, 0.1) is 19.0 Å². The third kappa shape index (κ3) is 4.85. The summed E-state index contributed by atoms with van der Waals surface area (Å²) in [6.45, 7) is 1.26. The first-order chi connectivity index (χ1) is 7.72. The number of thiocarbonyl (C=S) groups is 1. The normalized spacial score (nSPS) is 10.6. The molecule has 0 saturated heterocycles. The zero-order chi connectivity index (χ0) is 11.8. The molecule has 16 heavy (non-hydrogen) atoms. The first kappa shape index (κ1) is 12.6. The molecule has 2 N–H and O–H groups in total. The maximum atomic E-state index is 4.98. The number of nitrogens with zero attached hydrogens (tertiary/aromatic N) is 3. The van der Waals surface area contributed by atoms with E-state index in [-0.39, 0.29) is 0 Å². The van der Waals surface area contributed by atoms with E-state index in [1.165, 1.54) is 0 Å². The topological polar surface area (TPSA) is 63.5 Å². The van der Waals surface area contributed by atoms with Gasteiger partial charge < -0.3 is 10.1 Å². The molecule has 0 fully saturated rings. The van der Waals surface area contributed by atoms with Gasteiger partial charge in [0.25, 0.3) is 0 Å². The lowest BCUT2D eigenvalue weighted by molar-refractivity contribution is 0.204. The molecule has 0 amide bonds. The van der Waals surface area contributed by atoms with Crippen molar-refractivity contribution in [2.24, 2.45) is 12.1 Å². The summed E-state index contributed by atoms with van der Waals surface area (Å²) in [7, 11) is 3.49. The Morgan fingerprint density at radius 1 is 1.75 bits per heavy atom. The van der Waals surface area contributed by atoms with Crippen LogP contribution in [0.5, 0.6) is 0 Å². The van der Waals surface area contributed by atoms with Crippen LogP contribution in [0, 0.1) is 0 Å². The molecule has 0 bridgehead atoms. The largest absolute Gasteiger partial charge is 0.383 e. The lowest BCUT2D eigenvalue weighted by Gasteiger charge is -2.04. The highest BCUT2D eigenvalue weighted by Crippen LogP contribution is 1.89. The molecule has 6 nitrogen and oxygen atoms in total. The predicted octanol–water partition coefficient (Wildman–Crippen LogP) is -0.136. The summed E-state index contributed by atoms with van der Waals surface area (Å²) in [6.07, 6.45) is 5.22. The quantitative estimate of drug-likeness (QED) is 0.325. The Bertz CT molecular complexity index is 363. The molecule has 0 aliphatic carbocycles. The van der Waals surface area contributed by atoms with E-state index in [9.17, 15) is 0 Å². The first-order valence-electron chi connectivity index (χ1n) is 4.77. The molecule has 1 heterocycles. The van der Waals surface area contributed by atoms with Crippen LogP contribution in [-0.4, -0.2) is 41.4 Å². The van der Waals surface area contributed by atoms with E-state index in [2.05, 4.69) is 20.9 Å². The second-order valence-corrected chi connectivity index (χ2v) is 3.47. The summed E-state index contributed by atoms with van der Waals surface area (Å²) in [5.74, 6) is 0. The van der Waals surface area contributed by atoms with Gasteiger partial charge in [-0.1, -0.05) is 0 Å². The Balaban J connectivity index is 2.23. The Kier molecular flexibility index (Phi) is 5.44. The Hall–Kier alpha value is -1.47. The smallest absolute Gasteiger partial charge is 0.187 e. The molecular formula is C9H15N5OS. The van der Waals surface area contributed by atoms with Crippen molar-refractivity contribution in [1.29, 1.82) is 0 Å². The lowest BCUT2D eigenvalue weighted by Crippen LogP contribution is -2.34. The van der Waals surface area contributed by atoms with E-state index in [4.69, 9.17) is 17.0 Å². The monoisotopic (exact) mass is 241 g/mol. The van der Waals surface area contributed by atoms with Gasteiger partial charge in [-0.25, -0.2) is 0 Å². The minimum atomic E-state index is 0.470. The van der Waals surface area contributed by atoms with Gasteiger partial charge in [0.1, 0.15) is 0 Å². The molecular weight excluding hydrogens is 226 g/mol. The molecule has 1 rings (SSSR count). The molecule has 0 atom stereocenters. The number of ether oxygens (including phenoxy) is 1. The van der Waals surface area contributed by atoms with Crippen molar-refractivity contribution in [3.05, 3.63) is 18.0 Å². The molecule has 0 aliphatic rings. The lowest BCUT2D eigenvalue weighted by atomic mass is 10.4. The van der Waals surface area contributed by atoms with Crippen molar-refractivity contribution in [3.8, 4) is 0 Å². The zero-order valence-corrected chi connectivity index (χ0v) is 10.1. The summed E-state index contributed by atoms with van der Waals surface area (Å²) in [5, 5.41) is 11.4. The average Bonchev–Trinajstić information content (AvgIpc) is 2.65. The Morgan fingerprint density at radius 3 is 3.19 bits per heavy atom. The van der Waals surface area contributed by atoms with Gasteiger partial charge in [0.15, 0.2) is 5.11 Å². The summed E-state index contributed by atoms with van der Waals surface area (Å²) in [4.78, 5) is 0. The molecule has 1 aromatic rings. The van der Waals surface area contributed by atoms with Gasteiger partial charge >= 0.3 is 0 Å². The number of aromatic nitrogens is 2. The summed E-state index contributed by atoms with van der Waals surface area (Å²) >= 11 is 4.98. The fraction of sp³-hybridized carbons (Fsp3) is 0.444. The van der Waals surface area contributed by atoms with Crippen molar-refractivity contribution >= 4 is 23.5 Å². The van der Waals surface area contributed by atoms with Crippen molar-refractivity contribution in [2.75, 3.05) is 20.3 Å². The van der Waals surface area contributed by atoms with Crippen LogP contribution in [0.3, 0.4) is 0 Å². The third-order valence-electron chi connectivity index (χ3n) is 1.70. The van der Waals surface area contributed by atoms with Gasteiger partial charge in [-0.05, 0) is 12.2 Å². The second-order valence-electron chi connectivity index (χ2n) is 3.07. The summed E-state index contributed by atoms with van der Waals surface area (Å²) < 4.78 is 6.57. The maximum Gasteiger partial charge on any atom is 0.187 e. The van der Waals surface area contributed by atoms with Crippen molar-refractivity contribution < 1.29 is 4.74 Å². The van der Waals surface area contributed by atoms with Crippen LogP contribution in [0.15, 0.2) is 17.5 Å². The van der Waals surface area contributed by atoms with Crippen molar-refractivity contribution in [3.63, 3.8) is 0 Å². The summed E-state index contributed by atoms with van der Waals surface area (Å²) in [6, 6.07) is 0. The van der Waals surface area contributed by atoms with Gasteiger partial charge in [0, 0.05) is 32.5 Å². The van der Waals surface area contributed by atoms with E-state index in [1.807, 2.05) is 13.2 Å². The highest BCUT2D eigenvalue weighted by atomic mass is 32.1. The predicted molar refractivity (Wildman–Crippen MR) is 66.4 cm³/mol. The van der Waals surface area contributed by atoms with Gasteiger partial charge in [-0.3, -0.25) is 10.1 Å². The highest BCUT2D eigenvalue weighted by Gasteiger charge is 1.92. The number of nitrogens with one attached hydrogen (secondary N) is 2. The molecule has 0 aromatic carbocycles. The number of rotatable bonds is 5. The van der Waals surface area contributed by atoms with Crippen molar-refractivity contribution in [1.82, 2.24) is 20.5 Å². The van der Waals surface area contributed by atoms with Gasteiger partial charge in [0.2, 0.25) is 0 Å². The Labute approximate surface area is 99.7 Å². The molecule has 0 saturated carbocycles. The molecule has 0 unspecified atom stereocenters. The molecule has 0 aliphatic heterocycles. The van der Waals surface area contributed by atoms with Crippen LogP contribution < -0.4 is 10.7 Å². The van der Waals surface area contributed by atoms with Crippen LogP contribution in [-0.2, 0) is 11.8 Å². The van der Waals surface area contributed by atoms with Crippen LogP contribution in [0.4, 0.5) is 0 Å². The third-order valence-corrected chi connectivity index (χ3v) is 1.93. The van der Waals surface area contributed by atoms with Crippen LogP contribution in [0.25, 0.3) is 0 Å². The number of methoxy groups -OCH3 is 1. The Morgan fingerprint density at radius 2 is 2.56 bits per heavy atom. The van der Waals surface area contributed by atoms with E-state index < -0.39 is 0 Å². The van der Waals surface area contributed by atoms with Crippen LogP contribution in [0.1, 0.15) is 5.56 Å². The van der Waals surface area contributed by atoms with E-state index in [0.717, 1.165) is 5.56 Å². The average molecular weight is 241 g/mol. The van der Waals surface area contributed by atoms with Gasteiger partial charge in [-0.15, -0.1) is 0 Å². The van der Waals surface area contributed by atoms with Crippen molar-refractivity contribution in [2.45, 2.75) is 0 Å². The SMILES string of the molecule is COCCNC(=S)N/N=C/c1cnn(C)c1. The fourth-order valence-electron chi connectivity index (χ4n) is 0.978. The second kappa shape index (κ2) is 6.91.